The summed E-state index contributed by atoms with van der Waals surface area (Å²) < 4.78 is 0. The number of nitrogens with zero attached hydrogens (tertiary/aromatic N) is 1. The molecule has 0 aliphatic carbocycles. The molecule has 1 heterocycles. The van der Waals surface area contributed by atoms with E-state index in [2.05, 4.69) is 4.90 Å². The van der Waals surface area contributed by atoms with Crippen LogP contribution >= 0.6 is 0 Å². The normalized spacial score (nSPS) is 17.9. The van der Waals surface area contributed by atoms with Crippen molar-refractivity contribution in [1.29, 1.82) is 0 Å². The zero-order chi connectivity index (χ0) is 13.0. The van der Waals surface area contributed by atoms with Crippen LogP contribution in [0.2, 0.25) is 0 Å². The van der Waals surface area contributed by atoms with Gasteiger partial charge in [-0.25, -0.2) is 0 Å². The molecule has 1 aromatic rings. The average molecular weight is 246 g/mol. The maximum absolute atomic E-state index is 12.4. The molecule has 0 amide bonds. The van der Waals surface area contributed by atoms with Crippen molar-refractivity contribution in [1.82, 2.24) is 4.90 Å². The first kappa shape index (κ1) is 13.2. The standard InChI is InChI=1S/C15H22N2O/c1-12-3-2-4-14(11-12)15(18)13-5-8-17(9-6-13)10-7-16/h2-4,11,13H,5-10,16H2,1H3. The molecular formula is C15H22N2O. The van der Waals surface area contributed by atoms with Crippen LogP contribution in [0, 0.1) is 12.8 Å². The number of rotatable bonds is 4. The van der Waals surface area contributed by atoms with Crippen molar-refractivity contribution in [3.63, 3.8) is 0 Å². The number of hydrogen-bond donors (Lipinski definition) is 1. The van der Waals surface area contributed by atoms with E-state index in [9.17, 15) is 4.79 Å². The van der Waals surface area contributed by atoms with Gasteiger partial charge in [-0.15, -0.1) is 0 Å². The highest BCUT2D eigenvalue weighted by atomic mass is 16.1. The number of likely N-dealkylation sites (tertiary alicyclic amines) is 1. The first-order valence-electron chi connectivity index (χ1n) is 6.74. The molecule has 1 saturated heterocycles. The first-order chi connectivity index (χ1) is 8.70. The lowest BCUT2D eigenvalue weighted by Crippen LogP contribution is -2.39. The van der Waals surface area contributed by atoms with Crippen molar-refractivity contribution in [3.8, 4) is 0 Å². The van der Waals surface area contributed by atoms with Crippen molar-refractivity contribution < 1.29 is 4.79 Å². The summed E-state index contributed by atoms with van der Waals surface area (Å²) in [5.41, 5.74) is 7.57. The molecule has 0 atom stereocenters. The van der Waals surface area contributed by atoms with E-state index in [0.717, 1.165) is 43.6 Å². The van der Waals surface area contributed by atoms with Gasteiger partial charge in [-0.1, -0.05) is 23.8 Å². The van der Waals surface area contributed by atoms with E-state index >= 15 is 0 Å². The third-order valence-electron chi connectivity index (χ3n) is 3.71. The van der Waals surface area contributed by atoms with Gasteiger partial charge in [0.1, 0.15) is 0 Å². The van der Waals surface area contributed by atoms with Gasteiger partial charge < -0.3 is 10.6 Å². The lowest BCUT2D eigenvalue weighted by atomic mass is 9.88. The molecule has 0 bridgehead atoms. The molecule has 1 aliphatic rings. The predicted molar refractivity (Wildman–Crippen MR) is 73.7 cm³/mol. The number of nitrogens with two attached hydrogens (primary N) is 1. The van der Waals surface area contributed by atoms with Crippen LogP contribution in [0.5, 0.6) is 0 Å². The molecule has 0 aromatic heterocycles. The van der Waals surface area contributed by atoms with Crippen molar-refractivity contribution >= 4 is 5.78 Å². The number of ketones is 1. The van der Waals surface area contributed by atoms with E-state index < -0.39 is 0 Å². The zero-order valence-electron chi connectivity index (χ0n) is 11.1. The molecule has 2 N–H and O–H groups in total. The van der Waals surface area contributed by atoms with Crippen LogP contribution in [-0.4, -0.2) is 36.9 Å². The molecule has 18 heavy (non-hydrogen) atoms. The number of hydrogen-bond acceptors (Lipinski definition) is 3. The first-order valence-corrected chi connectivity index (χ1v) is 6.74. The molecule has 98 valence electrons. The fourth-order valence-corrected chi connectivity index (χ4v) is 2.64. The van der Waals surface area contributed by atoms with Crippen molar-refractivity contribution in [2.45, 2.75) is 19.8 Å². The van der Waals surface area contributed by atoms with Crippen LogP contribution in [0.25, 0.3) is 0 Å². The van der Waals surface area contributed by atoms with E-state index in [1.807, 2.05) is 31.2 Å². The topological polar surface area (TPSA) is 46.3 Å². The second-order valence-corrected chi connectivity index (χ2v) is 5.14. The lowest BCUT2D eigenvalue weighted by molar-refractivity contribution is 0.0842. The summed E-state index contributed by atoms with van der Waals surface area (Å²) in [4.78, 5) is 14.7. The number of benzene rings is 1. The summed E-state index contributed by atoms with van der Waals surface area (Å²) in [6.07, 6.45) is 1.93. The number of piperidine rings is 1. The summed E-state index contributed by atoms with van der Waals surface area (Å²) in [5.74, 6) is 0.506. The summed E-state index contributed by atoms with van der Waals surface area (Å²) >= 11 is 0. The Morgan fingerprint density at radius 2 is 2.11 bits per heavy atom. The third kappa shape index (κ3) is 3.18. The third-order valence-corrected chi connectivity index (χ3v) is 3.71. The number of carbonyl (C=O) groups is 1. The van der Waals surface area contributed by atoms with Gasteiger partial charge in [-0.2, -0.15) is 0 Å². The van der Waals surface area contributed by atoms with E-state index in [4.69, 9.17) is 5.73 Å². The molecular weight excluding hydrogens is 224 g/mol. The van der Waals surface area contributed by atoms with Gasteiger partial charge in [-0.05, 0) is 38.9 Å². The fourth-order valence-electron chi connectivity index (χ4n) is 2.64. The second-order valence-electron chi connectivity index (χ2n) is 5.14. The number of Topliss-reactive ketones (excluding diaryl/α,β-unsaturated/α-hetero) is 1. The molecule has 2 rings (SSSR count). The van der Waals surface area contributed by atoms with E-state index in [1.165, 1.54) is 0 Å². The molecule has 0 spiro atoms. The van der Waals surface area contributed by atoms with E-state index in [0.29, 0.717) is 12.3 Å². The van der Waals surface area contributed by atoms with Crippen molar-refractivity contribution in [2.75, 3.05) is 26.2 Å². The largest absolute Gasteiger partial charge is 0.329 e. The molecule has 1 aliphatic heterocycles. The Morgan fingerprint density at radius 1 is 1.39 bits per heavy atom. The van der Waals surface area contributed by atoms with Crippen molar-refractivity contribution in [3.05, 3.63) is 35.4 Å². The van der Waals surface area contributed by atoms with Gasteiger partial charge in [0.25, 0.3) is 0 Å². The predicted octanol–water partition coefficient (Wildman–Crippen LogP) is 1.85. The molecule has 3 heteroatoms. The SMILES string of the molecule is Cc1cccc(C(=O)C2CCN(CCN)CC2)c1. The quantitative estimate of drug-likeness (QED) is 0.825. The Morgan fingerprint density at radius 3 is 2.72 bits per heavy atom. The minimum atomic E-state index is 0.195. The minimum absolute atomic E-state index is 0.195. The summed E-state index contributed by atoms with van der Waals surface area (Å²) in [6, 6.07) is 7.92. The van der Waals surface area contributed by atoms with Crippen LogP contribution < -0.4 is 5.73 Å². The maximum atomic E-state index is 12.4. The van der Waals surface area contributed by atoms with Gasteiger partial charge in [0.05, 0.1) is 0 Å². The Bertz CT molecular complexity index is 409. The van der Waals surface area contributed by atoms with Crippen LogP contribution in [0.4, 0.5) is 0 Å². The molecule has 1 aromatic carbocycles. The molecule has 3 nitrogen and oxygen atoms in total. The van der Waals surface area contributed by atoms with Crippen LogP contribution in [0.1, 0.15) is 28.8 Å². The molecule has 0 saturated carbocycles. The Hall–Kier alpha value is -1.19. The van der Waals surface area contributed by atoms with Gasteiger partial charge in [-0.3, -0.25) is 4.79 Å². The minimum Gasteiger partial charge on any atom is -0.329 e. The number of aryl methyl sites for hydroxylation is 1. The Labute approximate surface area is 109 Å². The van der Waals surface area contributed by atoms with Gasteiger partial charge in [0.15, 0.2) is 5.78 Å². The highest BCUT2D eigenvalue weighted by Crippen LogP contribution is 2.21. The molecule has 0 unspecified atom stereocenters. The fraction of sp³-hybridized carbons (Fsp3) is 0.533. The monoisotopic (exact) mass is 246 g/mol. The van der Waals surface area contributed by atoms with E-state index in [1.54, 1.807) is 0 Å². The molecule has 1 fully saturated rings. The lowest BCUT2D eigenvalue weighted by Gasteiger charge is -2.30. The zero-order valence-corrected chi connectivity index (χ0v) is 11.1. The van der Waals surface area contributed by atoms with Gasteiger partial charge >= 0.3 is 0 Å². The van der Waals surface area contributed by atoms with Crippen LogP contribution in [-0.2, 0) is 0 Å². The Kier molecular flexibility index (Phi) is 4.50. The van der Waals surface area contributed by atoms with Crippen LogP contribution in [0.3, 0.4) is 0 Å². The summed E-state index contributed by atoms with van der Waals surface area (Å²) in [7, 11) is 0. The van der Waals surface area contributed by atoms with Gasteiger partial charge in [0, 0.05) is 24.6 Å². The van der Waals surface area contributed by atoms with E-state index in [-0.39, 0.29) is 5.92 Å². The summed E-state index contributed by atoms with van der Waals surface area (Å²) in [5, 5.41) is 0. The molecule has 0 radical (unpaired) electrons. The highest BCUT2D eigenvalue weighted by Gasteiger charge is 2.25. The maximum Gasteiger partial charge on any atom is 0.166 e. The second kappa shape index (κ2) is 6.12. The number of carbonyl (C=O) groups excluding carboxylic acids is 1. The summed E-state index contributed by atoms with van der Waals surface area (Å²) in [6.45, 7) is 5.68. The Balaban J connectivity index is 1.95. The smallest absolute Gasteiger partial charge is 0.166 e. The highest BCUT2D eigenvalue weighted by molar-refractivity contribution is 5.98. The van der Waals surface area contributed by atoms with Crippen LogP contribution in [0.15, 0.2) is 24.3 Å². The van der Waals surface area contributed by atoms with Gasteiger partial charge in [0.2, 0.25) is 0 Å². The van der Waals surface area contributed by atoms with Crippen molar-refractivity contribution in [2.24, 2.45) is 11.7 Å². The average Bonchev–Trinajstić information content (AvgIpc) is 2.39.